The number of fused-ring (bicyclic) bond motifs is 3. The standard InChI is InChI=1S/C22H23F3N4O4S/c1-21(2,32-3)14-8-13(18-26-6-7-34-18)17-16(15(14)22(23,24)25)27-19(33-17)28-9-11-4-5-12(10-28)29(11)20(30)31/h6-8,11-12H,4-5,9-10H2,1-3H3,(H,30,31). The molecule has 8 nitrogen and oxygen atoms in total. The Hall–Kier alpha value is -2.86. The number of alkyl halides is 3. The Morgan fingerprint density at radius 2 is 1.94 bits per heavy atom. The summed E-state index contributed by atoms with van der Waals surface area (Å²) in [5.74, 6) is 0. The SMILES string of the molecule is COC(C)(C)c1cc(-c2nccs2)c2oc(N3CC4CCC(C3)N4C(=O)O)nc2c1C(F)(F)F. The minimum Gasteiger partial charge on any atom is -0.465 e. The summed E-state index contributed by atoms with van der Waals surface area (Å²) in [6, 6.07) is 0.964. The number of oxazole rings is 1. The zero-order chi connectivity index (χ0) is 24.4. The summed E-state index contributed by atoms with van der Waals surface area (Å²) in [7, 11) is 1.36. The van der Waals surface area contributed by atoms with Crippen molar-refractivity contribution in [2.45, 2.75) is 50.6 Å². The Balaban J connectivity index is 1.70. The number of ether oxygens (including phenoxy) is 1. The topological polar surface area (TPSA) is 91.9 Å². The van der Waals surface area contributed by atoms with Gasteiger partial charge in [0.15, 0.2) is 5.58 Å². The van der Waals surface area contributed by atoms with Gasteiger partial charge in [0.05, 0.1) is 28.8 Å². The van der Waals surface area contributed by atoms with E-state index < -0.39 is 23.4 Å². The van der Waals surface area contributed by atoms with E-state index in [1.54, 1.807) is 30.3 Å². The van der Waals surface area contributed by atoms with Crippen LogP contribution in [-0.4, -0.2) is 58.4 Å². The van der Waals surface area contributed by atoms with Crippen LogP contribution >= 0.6 is 11.3 Å². The number of hydrogen-bond acceptors (Lipinski definition) is 7. The Morgan fingerprint density at radius 3 is 2.47 bits per heavy atom. The van der Waals surface area contributed by atoms with E-state index in [9.17, 15) is 23.1 Å². The van der Waals surface area contributed by atoms with E-state index >= 15 is 0 Å². The van der Waals surface area contributed by atoms with Gasteiger partial charge in [0.1, 0.15) is 10.5 Å². The van der Waals surface area contributed by atoms with E-state index in [0.717, 1.165) is 0 Å². The van der Waals surface area contributed by atoms with E-state index in [4.69, 9.17) is 9.15 Å². The number of thiazole rings is 1. The number of halogens is 3. The number of carbonyl (C=O) groups is 1. The van der Waals surface area contributed by atoms with Crippen LogP contribution in [0, 0.1) is 0 Å². The number of rotatable bonds is 4. The molecule has 0 spiro atoms. The van der Waals surface area contributed by atoms with Crippen LogP contribution in [0.5, 0.6) is 0 Å². The molecule has 2 bridgehead atoms. The van der Waals surface area contributed by atoms with Crippen molar-refractivity contribution in [1.29, 1.82) is 0 Å². The molecule has 0 saturated carbocycles. The fourth-order valence-electron chi connectivity index (χ4n) is 4.96. The first-order chi connectivity index (χ1) is 16.0. The monoisotopic (exact) mass is 496 g/mol. The summed E-state index contributed by atoms with van der Waals surface area (Å²) in [5, 5.41) is 11.8. The number of amides is 1. The first kappa shape index (κ1) is 22.9. The van der Waals surface area contributed by atoms with Crippen LogP contribution in [0.4, 0.5) is 24.0 Å². The Kier molecular flexibility index (Phi) is 5.28. The molecule has 182 valence electrons. The molecule has 2 aromatic heterocycles. The van der Waals surface area contributed by atoms with Gasteiger partial charge in [0.2, 0.25) is 0 Å². The third-order valence-electron chi connectivity index (χ3n) is 6.73. The highest BCUT2D eigenvalue weighted by Gasteiger charge is 2.46. The smallest absolute Gasteiger partial charge is 0.419 e. The molecule has 0 aliphatic carbocycles. The number of benzene rings is 1. The lowest BCUT2D eigenvalue weighted by Crippen LogP contribution is -2.55. The third-order valence-corrected chi connectivity index (χ3v) is 7.54. The highest BCUT2D eigenvalue weighted by molar-refractivity contribution is 7.13. The molecule has 2 atom stereocenters. The number of piperazine rings is 1. The van der Waals surface area contributed by atoms with Crippen molar-refractivity contribution >= 4 is 34.5 Å². The molecule has 1 amide bonds. The van der Waals surface area contributed by atoms with E-state index in [2.05, 4.69) is 9.97 Å². The second kappa shape index (κ2) is 7.84. The van der Waals surface area contributed by atoms with Crippen molar-refractivity contribution in [3.05, 3.63) is 28.8 Å². The Labute approximate surface area is 196 Å². The predicted octanol–water partition coefficient (Wildman–Crippen LogP) is 5.18. The van der Waals surface area contributed by atoms with Gasteiger partial charge >= 0.3 is 12.3 Å². The van der Waals surface area contributed by atoms with Crippen molar-refractivity contribution in [3.63, 3.8) is 0 Å². The van der Waals surface area contributed by atoms with Gasteiger partial charge in [0.25, 0.3) is 6.01 Å². The molecule has 2 unspecified atom stereocenters. The quantitative estimate of drug-likeness (QED) is 0.532. The third kappa shape index (κ3) is 3.59. The number of carboxylic acid groups (broad SMARTS) is 1. The summed E-state index contributed by atoms with van der Waals surface area (Å²) in [4.78, 5) is 23.4. The molecule has 1 N–H and O–H groups in total. The molecule has 2 aliphatic heterocycles. The van der Waals surface area contributed by atoms with E-state index in [-0.39, 0.29) is 34.8 Å². The molecule has 4 heterocycles. The molecular weight excluding hydrogens is 473 g/mol. The molecule has 2 aliphatic rings. The van der Waals surface area contributed by atoms with Gasteiger partial charge in [-0.15, -0.1) is 11.3 Å². The molecule has 2 fully saturated rings. The maximum atomic E-state index is 14.4. The fourth-order valence-corrected chi connectivity index (χ4v) is 5.62. The van der Waals surface area contributed by atoms with E-state index in [1.807, 2.05) is 0 Å². The van der Waals surface area contributed by atoms with E-state index in [0.29, 0.717) is 36.5 Å². The van der Waals surface area contributed by atoms with Crippen molar-refractivity contribution in [1.82, 2.24) is 14.9 Å². The first-order valence-corrected chi connectivity index (χ1v) is 11.7. The second-order valence-corrected chi connectivity index (χ2v) is 9.94. The number of nitrogens with zero attached hydrogens (tertiary/aromatic N) is 4. The van der Waals surface area contributed by atoms with Crippen molar-refractivity contribution < 1.29 is 32.2 Å². The Morgan fingerprint density at radius 1 is 1.26 bits per heavy atom. The van der Waals surface area contributed by atoms with Gasteiger partial charge in [-0.05, 0) is 38.3 Å². The predicted molar refractivity (Wildman–Crippen MR) is 119 cm³/mol. The summed E-state index contributed by atoms with van der Waals surface area (Å²) >= 11 is 1.28. The number of hydrogen-bond donors (Lipinski definition) is 1. The van der Waals surface area contributed by atoms with Crippen LogP contribution in [-0.2, 0) is 16.5 Å². The number of methoxy groups -OCH3 is 1. The van der Waals surface area contributed by atoms with Crippen LogP contribution in [0.1, 0.15) is 37.8 Å². The molecular formula is C22H23F3N4O4S. The number of anilines is 1. The van der Waals surface area contributed by atoms with Gasteiger partial charge in [0, 0.05) is 31.8 Å². The van der Waals surface area contributed by atoms with Crippen molar-refractivity contribution in [2.24, 2.45) is 0 Å². The zero-order valence-electron chi connectivity index (χ0n) is 18.7. The highest BCUT2D eigenvalue weighted by atomic mass is 32.1. The van der Waals surface area contributed by atoms with Crippen LogP contribution in [0.25, 0.3) is 21.7 Å². The van der Waals surface area contributed by atoms with Crippen LogP contribution in [0.3, 0.4) is 0 Å². The molecule has 3 aromatic rings. The lowest BCUT2D eigenvalue weighted by molar-refractivity contribution is -0.139. The van der Waals surface area contributed by atoms with Crippen LogP contribution in [0.15, 0.2) is 22.1 Å². The molecule has 1 aromatic carbocycles. The molecule has 5 rings (SSSR count). The number of aromatic nitrogens is 2. The second-order valence-electron chi connectivity index (χ2n) is 9.05. The van der Waals surface area contributed by atoms with Gasteiger partial charge in [-0.3, -0.25) is 4.90 Å². The molecule has 2 saturated heterocycles. The summed E-state index contributed by atoms with van der Waals surface area (Å²) < 4.78 is 54.6. The minimum absolute atomic E-state index is 0.000870. The highest BCUT2D eigenvalue weighted by Crippen LogP contribution is 2.47. The molecule has 12 heteroatoms. The zero-order valence-corrected chi connectivity index (χ0v) is 19.5. The van der Waals surface area contributed by atoms with Gasteiger partial charge in [-0.1, -0.05) is 0 Å². The summed E-state index contributed by atoms with van der Waals surface area (Å²) in [5.41, 5.74) is -2.11. The van der Waals surface area contributed by atoms with Crippen LogP contribution in [0.2, 0.25) is 0 Å². The van der Waals surface area contributed by atoms with Gasteiger partial charge < -0.3 is 19.2 Å². The normalized spacial score (nSPS) is 21.0. The average molecular weight is 497 g/mol. The van der Waals surface area contributed by atoms with E-state index in [1.165, 1.54) is 29.4 Å². The van der Waals surface area contributed by atoms with Gasteiger partial charge in [-0.2, -0.15) is 18.2 Å². The fraction of sp³-hybridized carbons (Fsp3) is 0.500. The molecule has 34 heavy (non-hydrogen) atoms. The van der Waals surface area contributed by atoms with Crippen LogP contribution < -0.4 is 4.90 Å². The lowest BCUT2D eigenvalue weighted by atomic mass is 9.89. The molecule has 0 radical (unpaired) electrons. The lowest BCUT2D eigenvalue weighted by Gasteiger charge is -2.38. The van der Waals surface area contributed by atoms with Gasteiger partial charge in [-0.25, -0.2) is 9.78 Å². The average Bonchev–Trinajstić information content (AvgIpc) is 3.49. The summed E-state index contributed by atoms with van der Waals surface area (Å²) in [6.45, 7) is 3.75. The van der Waals surface area contributed by atoms with Crippen molar-refractivity contribution in [3.8, 4) is 10.6 Å². The maximum absolute atomic E-state index is 14.4. The minimum atomic E-state index is -4.71. The maximum Gasteiger partial charge on any atom is 0.419 e. The first-order valence-electron chi connectivity index (χ1n) is 10.8. The largest absolute Gasteiger partial charge is 0.465 e. The summed E-state index contributed by atoms with van der Waals surface area (Å²) in [6.07, 6.45) is -2.73. The van der Waals surface area contributed by atoms with Crippen molar-refractivity contribution in [2.75, 3.05) is 25.1 Å². The Bertz CT molecular complexity index is 1230.